The Morgan fingerprint density at radius 2 is 1.57 bits per heavy atom. The van der Waals surface area contributed by atoms with Crippen LogP contribution in [0.25, 0.3) is 0 Å². The number of halogens is 1. The minimum absolute atomic E-state index is 0.151. The molecule has 0 radical (unpaired) electrons. The van der Waals surface area contributed by atoms with E-state index in [2.05, 4.69) is 38.7 Å². The quantitative estimate of drug-likeness (QED) is 0.0511. The van der Waals surface area contributed by atoms with Crippen molar-refractivity contribution in [1.29, 1.82) is 0 Å². The van der Waals surface area contributed by atoms with Gasteiger partial charge in [0.25, 0.3) is 5.91 Å². The Balaban J connectivity index is 0.724. The van der Waals surface area contributed by atoms with Crippen LogP contribution in [0.3, 0.4) is 0 Å². The van der Waals surface area contributed by atoms with Crippen LogP contribution >= 0.6 is 18.7 Å². The lowest BCUT2D eigenvalue weighted by atomic mass is 10.00. The topological polar surface area (TPSA) is 162 Å². The number of piperidine rings is 2. The maximum absolute atomic E-state index is 13.1. The number of methoxy groups -OCH3 is 1. The van der Waals surface area contributed by atoms with Crippen molar-refractivity contribution in [1.82, 2.24) is 25.5 Å². The molecule has 2 saturated heterocycles. The summed E-state index contributed by atoms with van der Waals surface area (Å²) in [6.07, 6.45) is 7.83. The summed E-state index contributed by atoms with van der Waals surface area (Å²) in [5, 5.41) is 7.40. The number of aromatic nitrogens is 2. The van der Waals surface area contributed by atoms with Crippen LogP contribution in [0.1, 0.15) is 82.7 Å². The van der Waals surface area contributed by atoms with Gasteiger partial charge in [0.1, 0.15) is 24.8 Å². The Hall–Kier alpha value is -4.69. The fourth-order valence-corrected chi connectivity index (χ4v) is 10.3. The second kappa shape index (κ2) is 23.2. The highest BCUT2D eigenvalue weighted by atomic mass is 35.5. The van der Waals surface area contributed by atoms with Gasteiger partial charge in [-0.3, -0.25) is 19.7 Å². The lowest BCUT2D eigenvalue weighted by Gasteiger charge is -2.34. The first-order chi connectivity index (χ1) is 31.5. The number of amides is 3. The zero-order valence-electron chi connectivity index (χ0n) is 37.8. The third-order valence-electron chi connectivity index (χ3n) is 12.3. The molecule has 1 aromatic heterocycles. The number of nitrogens with zero attached hydrogens (tertiary/aromatic N) is 4. The molecule has 3 aliphatic rings. The van der Waals surface area contributed by atoms with Crippen molar-refractivity contribution in [2.45, 2.75) is 76.4 Å². The van der Waals surface area contributed by atoms with E-state index in [-0.39, 0.29) is 18.2 Å². The molecule has 4 aromatic rings. The Labute approximate surface area is 387 Å². The highest BCUT2D eigenvalue weighted by molar-refractivity contribution is 7.70. The lowest BCUT2D eigenvalue weighted by Crippen LogP contribution is -2.52. The number of ether oxygens (including phenoxy) is 4. The van der Waals surface area contributed by atoms with Gasteiger partial charge in [0, 0.05) is 92.5 Å². The predicted octanol–water partition coefficient (Wildman–Crippen LogP) is 5.96. The Morgan fingerprint density at radius 1 is 0.846 bits per heavy atom. The van der Waals surface area contributed by atoms with E-state index in [1.165, 1.54) is 0 Å². The van der Waals surface area contributed by atoms with Gasteiger partial charge in [0.05, 0.1) is 44.3 Å². The Morgan fingerprint density at radius 3 is 2.31 bits per heavy atom. The van der Waals surface area contributed by atoms with Crippen molar-refractivity contribution in [3.05, 3.63) is 111 Å². The number of hydrogen-bond acceptors (Lipinski definition) is 12. The van der Waals surface area contributed by atoms with E-state index in [1.54, 1.807) is 31.5 Å². The molecule has 0 aliphatic carbocycles. The molecule has 14 nitrogen and oxygen atoms in total. The minimum atomic E-state index is -2.47. The van der Waals surface area contributed by atoms with Crippen LogP contribution in [0.15, 0.2) is 66.9 Å². The third kappa shape index (κ3) is 13.0. The molecular weight excluding hydrogens is 867 g/mol. The van der Waals surface area contributed by atoms with Crippen LogP contribution in [0, 0.1) is 0 Å². The highest BCUT2D eigenvalue weighted by Crippen LogP contribution is 2.37. The van der Waals surface area contributed by atoms with Crippen molar-refractivity contribution >= 4 is 47.5 Å². The van der Waals surface area contributed by atoms with Crippen molar-refractivity contribution in [3.8, 4) is 5.75 Å². The molecule has 16 heteroatoms. The number of fused-ring (bicyclic) bond motifs is 1. The van der Waals surface area contributed by atoms with Gasteiger partial charge < -0.3 is 38.6 Å². The molecule has 3 aliphatic heterocycles. The maximum Gasteiger partial charge on any atom is 0.255 e. The molecule has 4 heterocycles. The monoisotopic (exact) mass is 928 g/mol. The average Bonchev–Trinajstić information content (AvgIpc) is 3.63. The van der Waals surface area contributed by atoms with Gasteiger partial charge in [-0.05, 0) is 87.2 Å². The van der Waals surface area contributed by atoms with Crippen LogP contribution in [-0.2, 0) is 54.2 Å². The second-order valence-corrected chi connectivity index (χ2v) is 20.9. The SMILES string of the molecule is COc1cc(N2CCC(NCCCOCCOCCOCCCc3cccc4c3CN(C3CCC(=O)NC3=O)C4=O)CC2)ccc1Cc1ncc(Cl)c(Cc2ccccc2P(C)(C)=O)n1. The van der Waals surface area contributed by atoms with E-state index in [9.17, 15) is 18.9 Å². The summed E-state index contributed by atoms with van der Waals surface area (Å²) in [4.78, 5) is 50.4. The number of carbonyl (C=O) groups is 3. The second-order valence-electron chi connectivity index (χ2n) is 17.3. The molecule has 2 fully saturated rings. The molecule has 65 heavy (non-hydrogen) atoms. The van der Waals surface area contributed by atoms with Crippen molar-refractivity contribution in [2.75, 3.05) is 84.6 Å². The van der Waals surface area contributed by atoms with Crippen LogP contribution < -0.4 is 25.6 Å². The first-order valence-electron chi connectivity index (χ1n) is 22.8. The number of anilines is 1. The number of benzene rings is 3. The third-order valence-corrected chi connectivity index (χ3v) is 14.2. The van der Waals surface area contributed by atoms with E-state index >= 15 is 0 Å². The molecule has 0 spiro atoms. The first-order valence-corrected chi connectivity index (χ1v) is 25.7. The van der Waals surface area contributed by atoms with Crippen LogP contribution in [0.2, 0.25) is 5.02 Å². The summed E-state index contributed by atoms with van der Waals surface area (Å²) in [5.41, 5.74) is 6.50. The average molecular weight is 929 g/mol. The maximum atomic E-state index is 13.1. The van der Waals surface area contributed by atoms with E-state index in [0.717, 1.165) is 90.7 Å². The number of aryl methyl sites for hydroxylation is 1. The van der Waals surface area contributed by atoms with Crippen LogP contribution in [-0.4, -0.2) is 124 Å². The zero-order chi connectivity index (χ0) is 45.8. The molecule has 1 atom stereocenters. The normalized spacial score (nSPS) is 16.9. The van der Waals surface area contributed by atoms with Crippen molar-refractivity contribution in [2.24, 2.45) is 0 Å². The lowest BCUT2D eigenvalue weighted by molar-refractivity contribution is -0.136. The summed E-state index contributed by atoms with van der Waals surface area (Å²) < 4.78 is 36.1. The Kier molecular flexibility index (Phi) is 17.2. The van der Waals surface area contributed by atoms with Gasteiger partial charge in [0.2, 0.25) is 11.8 Å². The summed E-state index contributed by atoms with van der Waals surface area (Å²) in [5.74, 6) is 0.615. The van der Waals surface area contributed by atoms with Gasteiger partial charge >= 0.3 is 0 Å². The van der Waals surface area contributed by atoms with Crippen LogP contribution in [0.4, 0.5) is 5.69 Å². The van der Waals surface area contributed by atoms with Gasteiger partial charge in [-0.2, -0.15) is 0 Å². The molecule has 348 valence electrons. The van der Waals surface area contributed by atoms with Crippen LogP contribution in [0.5, 0.6) is 5.75 Å². The molecule has 0 bridgehead atoms. The smallest absolute Gasteiger partial charge is 0.255 e. The van der Waals surface area contributed by atoms with Crippen molar-refractivity contribution in [3.63, 3.8) is 0 Å². The molecule has 2 N–H and O–H groups in total. The largest absolute Gasteiger partial charge is 0.496 e. The summed E-state index contributed by atoms with van der Waals surface area (Å²) >= 11 is 6.56. The van der Waals surface area contributed by atoms with E-state index in [0.29, 0.717) is 93.6 Å². The molecular formula is C49H62ClN6O8P. The first kappa shape index (κ1) is 48.2. The highest BCUT2D eigenvalue weighted by Gasteiger charge is 2.39. The number of carbonyl (C=O) groups excluding carboxylic acids is 3. The van der Waals surface area contributed by atoms with E-state index in [4.69, 9.17) is 35.5 Å². The molecule has 3 aromatic carbocycles. The van der Waals surface area contributed by atoms with Gasteiger partial charge in [-0.1, -0.05) is 54.1 Å². The molecule has 7 rings (SSSR count). The van der Waals surface area contributed by atoms with Gasteiger partial charge in [0.15, 0.2) is 0 Å². The number of hydrogen-bond donors (Lipinski definition) is 2. The molecule has 3 amide bonds. The van der Waals surface area contributed by atoms with Gasteiger partial charge in [-0.25, -0.2) is 9.97 Å². The fourth-order valence-electron chi connectivity index (χ4n) is 8.88. The van der Waals surface area contributed by atoms with E-state index in [1.807, 2.05) is 42.5 Å². The van der Waals surface area contributed by atoms with E-state index < -0.39 is 19.1 Å². The predicted molar refractivity (Wildman–Crippen MR) is 252 cm³/mol. The minimum Gasteiger partial charge on any atom is -0.496 e. The number of nitrogens with one attached hydrogen (secondary N) is 2. The Bertz CT molecular complexity index is 2340. The summed E-state index contributed by atoms with van der Waals surface area (Å²) in [6.45, 7) is 10.1. The summed E-state index contributed by atoms with van der Waals surface area (Å²) in [7, 11) is -0.772. The number of rotatable bonds is 23. The fraction of sp³-hybridized carbons (Fsp3) is 0.490. The molecule has 0 saturated carbocycles. The number of imide groups is 1. The summed E-state index contributed by atoms with van der Waals surface area (Å²) in [6, 6.07) is 19.7. The standard InChI is InChI=1S/C49H62ClN6O8P/c1-61-44-31-38(15-14-35(44)30-46-52-32-41(50)42(53-46)29-36-9-4-5-13-45(36)65(2,3)60)55-21-18-37(19-22-55)51-20-8-24-63-26-28-64-27-25-62-23-7-11-34-10-6-12-39-40(34)33-56(49(39)59)43-16-17-47(57)54-48(43)58/h4-6,9-10,12-15,31-32,37,43,51H,7-8,11,16-30,33H2,1-3H3,(H,54,57,58). The zero-order valence-corrected chi connectivity index (χ0v) is 39.5. The van der Waals surface area contributed by atoms with Gasteiger partial charge in [-0.15, -0.1) is 0 Å². The molecule has 1 unspecified atom stereocenters. The van der Waals surface area contributed by atoms with Crippen molar-refractivity contribution < 1.29 is 37.9 Å².